The first-order valence-corrected chi connectivity index (χ1v) is 5.71. The Balaban J connectivity index is 3.89. The molecule has 0 spiro atoms. The maximum Gasteiger partial charge on any atom is 0.323 e. The van der Waals surface area contributed by atoms with Gasteiger partial charge in [-0.2, -0.15) is 0 Å². The van der Waals surface area contributed by atoms with E-state index in [0.717, 1.165) is 0 Å². The third-order valence-corrected chi connectivity index (χ3v) is 1.86. The van der Waals surface area contributed by atoms with Crippen LogP contribution in [0.2, 0.25) is 0 Å². The van der Waals surface area contributed by atoms with Crippen LogP contribution in [-0.4, -0.2) is 36.6 Å². The molecule has 0 aliphatic heterocycles. The van der Waals surface area contributed by atoms with Crippen molar-refractivity contribution in [3.8, 4) is 0 Å². The average molecular weight is 245 g/mol. The van der Waals surface area contributed by atoms with Gasteiger partial charge in [0.15, 0.2) is 0 Å². The minimum Gasteiger partial charge on any atom is -0.459 e. The third-order valence-electron chi connectivity index (χ3n) is 1.86. The molecule has 0 bridgehead atoms. The standard InChI is InChI=1S/C11H23N3O3/c1-11(2,3)17-10(16)8(13)4-5-9(15)14-7-6-12/h8H,4-7,12-13H2,1-3H3,(H,14,15). The van der Waals surface area contributed by atoms with Crippen molar-refractivity contribution in [2.24, 2.45) is 11.5 Å². The van der Waals surface area contributed by atoms with Gasteiger partial charge in [0, 0.05) is 19.5 Å². The normalized spacial score (nSPS) is 13.0. The van der Waals surface area contributed by atoms with Crippen molar-refractivity contribution in [1.82, 2.24) is 5.32 Å². The van der Waals surface area contributed by atoms with Crippen LogP contribution in [0.4, 0.5) is 0 Å². The average Bonchev–Trinajstić information content (AvgIpc) is 2.20. The van der Waals surface area contributed by atoms with Crippen LogP contribution in [0.15, 0.2) is 0 Å². The first-order chi connectivity index (χ1) is 7.76. The number of esters is 1. The molecule has 0 heterocycles. The first-order valence-electron chi connectivity index (χ1n) is 5.71. The first kappa shape index (κ1) is 15.9. The second kappa shape index (κ2) is 7.24. The lowest BCUT2D eigenvalue weighted by Gasteiger charge is -2.22. The molecule has 0 aromatic carbocycles. The van der Waals surface area contributed by atoms with E-state index in [1.165, 1.54) is 0 Å². The number of nitrogens with two attached hydrogens (primary N) is 2. The van der Waals surface area contributed by atoms with Gasteiger partial charge in [-0.05, 0) is 27.2 Å². The lowest BCUT2D eigenvalue weighted by atomic mass is 10.1. The van der Waals surface area contributed by atoms with Crippen LogP contribution in [0.3, 0.4) is 0 Å². The highest BCUT2D eigenvalue weighted by molar-refractivity contribution is 5.79. The molecule has 0 rings (SSSR count). The van der Waals surface area contributed by atoms with E-state index in [-0.39, 0.29) is 18.7 Å². The van der Waals surface area contributed by atoms with Gasteiger partial charge >= 0.3 is 5.97 Å². The van der Waals surface area contributed by atoms with Crippen molar-refractivity contribution >= 4 is 11.9 Å². The van der Waals surface area contributed by atoms with E-state index in [1.807, 2.05) is 0 Å². The fourth-order valence-corrected chi connectivity index (χ4v) is 1.08. The Morgan fingerprint density at radius 3 is 2.41 bits per heavy atom. The number of carbonyl (C=O) groups is 2. The third kappa shape index (κ3) is 8.65. The van der Waals surface area contributed by atoms with Crippen molar-refractivity contribution in [3.63, 3.8) is 0 Å². The van der Waals surface area contributed by atoms with E-state index in [2.05, 4.69) is 5.32 Å². The van der Waals surface area contributed by atoms with Gasteiger partial charge in [-0.25, -0.2) is 0 Å². The summed E-state index contributed by atoms with van der Waals surface area (Å²) in [6.45, 7) is 6.13. The minimum atomic E-state index is -0.766. The number of hydrogen-bond donors (Lipinski definition) is 3. The zero-order chi connectivity index (χ0) is 13.5. The van der Waals surface area contributed by atoms with Crippen molar-refractivity contribution in [3.05, 3.63) is 0 Å². The summed E-state index contributed by atoms with van der Waals surface area (Å²) < 4.78 is 5.10. The number of rotatable bonds is 6. The van der Waals surface area contributed by atoms with Crippen LogP contribution in [0, 0.1) is 0 Å². The quantitative estimate of drug-likeness (QED) is 0.547. The van der Waals surface area contributed by atoms with E-state index in [9.17, 15) is 9.59 Å². The molecule has 0 fully saturated rings. The van der Waals surface area contributed by atoms with Crippen molar-refractivity contribution < 1.29 is 14.3 Å². The highest BCUT2D eigenvalue weighted by atomic mass is 16.6. The van der Waals surface area contributed by atoms with Crippen LogP contribution in [-0.2, 0) is 14.3 Å². The molecule has 0 aromatic heterocycles. The molecule has 6 heteroatoms. The van der Waals surface area contributed by atoms with Gasteiger partial charge in [-0.1, -0.05) is 0 Å². The number of hydrogen-bond acceptors (Lipinski definition) is 5. The largest absolute Gasteiger partial charge is 0.459 e. The molecule has 1 amide bonds. The van der Waals surface area contributed by atoms with E-state index in [4.69, 9.17) is 16.2 Å². The molecule has 5 N–H and O–H groups in total. The number of carbonyl (C=O) groups excluding carboxylic acids is 2. The molecular weight excluding hydrogens is 222 g/mol. The Hall–Kier alpha value is -1.14. The zero-order valence-electron chi connectivity index (χ0n) is 10.8. The van der Waals surface area contributed by atoms with Gasteiger partial charge in [0.2, 0.25) is 5.91 Å². The van der Waals surface area contributed by atoms with Crippen LogP contribution in [0.5, 0.6) is 0 Å². The van der Waals surface area contributed by atoms with Gasteiger partial charge in [0.05, 0.1) is 0 Å². The number of amides is 1. The molecule has 0 radical (unpaired) electrons. The molecule has 100 valence electrons. The Morgan fingerprint density at radius 1 is 1.35 bits per heavy atom. The smallest absolute Gasteiger partial charge is 0.323 e. The maximum atomic E-state index is 11.5. The lowest BCUT2D eigenvalue weighted by molar-refractivity contribution is -0.156. The number of nitrogens with one attached hydrogen (secondary N) is 1. The lowest BCUT2D eigenvalue weighted by Crippen LogP contribution is -2.38. The predicted molar refractivity (Wildman–Crippen MR) is 65.1 cm³/mol. The predicted octanol–water partition coefficient (Wildman–Crippen LogP) is -0.489. The molecule has 0 saturated heterocycles. The fourth-order valence-electron chi connectivity index (χ4n) is 1.08. The zero-order valence-corrected chi connectivity index (χ0v) is 10.8. The number of ether oxygens (including phenoxy) is 1. The SMILES string of the molecule is CC(C)(C)OC(=O)C(N)CCC(=O)NCCN. The molecule has 0 aliphatic rings. The minimum absolute atomic E-state index is 0.158. The van der Waals surface area contributed by atoms with Gasteiger partial charge in [0.25, 0.3) is 0 Å². The van der Waals surface area contributed by atoms with Gasteiger partial charge < -0.3 is 21.5 Å². The summed E-state index contributed by atoms with van der Waals surface area (Å²) in [4.78, 5) is 22.7. The molecule has 1 atom stereocenters. The monoisotopic (exact) mass is 245 g/mol. The van der Waals surface area contributed by atoms with Crippen LogP contribution in [0.1, 0.15) is 33.6 Å². The highest BCUT2D eigenvalue weighted by Crippen LogP contribution is 2.09. The molecular formula is C11H23N3O3. The second-order valence-electron chi connectivity index (χ2n) is 4.82. The van der Waals surface area contributed by atoms with Crippen LogP contribution >= 0.6 is 0 Å². The van der Waals surface area contributed by atoms with Crippen LogP contribution < -0.4 is 16.8 Å². The Bertz CT molecular complexity index is 261. The van der Waals surface area contributed by atoms with Crippen molar-refractivity contribution in [1.29, 1.82) is 0 Å². The van der Waals surface area contributed by atoms with E-state index in [1.54, 1.807) is 20.8 Å². The van der Waals surface area contributed by atoms with Gasteiger partial charge in [-0.15, -0.1) is 0 Å². The van der Waals surface area contributed by atoms with Crippen molar-refractivity contribution in [2.45, 2.75) is 45.3 Å². The molecule has 0 aliphatic carbocycles. The molecule has 1 unspecified atom stereocenters. The molecule has 6 nitrogen and oxygen atoms in total. The summed E-state index contributed by atoms with van der Waals surface area (Å²) in [7, 11) is 0. The topological polar surface area (TPSA) is 107 Å². The Labute approximate surface area is 102 Å². The van der Waals surface area contributed by atoms with Gasteiger partial charge in [0.1, 0.15) is 11.6 Å². The fraction of sp³-hybridized carbons (Fsp3) is 0.818. The van der Waals surface area contributed by atoms with Crippen molar-refractivity contribution in [2.75, 3.05) is 13.1 Å². The highest BCUT2D eigenvalue weighted by Gasteiger charge is 2.22. The summed E-state index contributed by atoms with van der Waals surface area (Å²) in [6.07, 6.45) is 0.464. The Morgan fingerprint density at radius 2 is 1.94 bits per heavy atom. The summed E-state index contributed by atoms with van der Waals surface area (Å²) >= 11 is 0. The van der Waals surface area contributed by atoms with E-state index < -0.39 is 17.6 Å². The maximum absolute atomic E-state index is 11.5. The summed E-state index contributed by atoms with van der Waals surface area (Å²) in [5, 5.41) is 2.60. The van der Waals surface area contributed by atoms with Gasteiger partial charge in [-0.3, -0.25) is 9.59 Å². The van der Waals surface area contributed by atoms with E-state index >= 15 is 0 Å². The Kier molecular flexibility index (Phi) is 6.75. The molecule has 0 saturated carbocycles. The summed E-state index contributed by atoms with van der Waals surface area (Å²) in [5.41, 5.74) is 10.3. The molecule has 17 heavy (non-hydrogen) atoms. The van der Waals surface area contributed by atoms with E-state index in [0.29, 0.717) is 13.1 Å². The molecule has 0 aromatic rings. The second-order valence-corrected chi connectivity index (χ2v) is 4.82. The summed E-state index contributed by atoms with van der Waals surface area (Å²) in [5.74, 6) is -0.640. The summed E-state index contributed by atoms with van der Waals surface area (Å²) in [6, 6.07) is -0.766. The van der Waals surface area contributed by atoms with Crippen LogP contribution in [0.25, 0.3) is 0 Å².